The van der Waals surface area contributed by atoms with Gasteiger partial charge in [0.25, 0.3) is 30.9 Å². The van der Waals surface area contributed by atoms with Crippen molar-refractivity contribution in [3.63, 3.8) is 0 Å². The van der Waals surface area contributed by atoms with Crippen molar-refractivity contribution in [1.82, 2.24) is 19.6 Å². The number of hydrogen-bond acceptors (Lipinski definition) is 11. The van der Waals surface area contributed by atoms with Crippen molar-refractivity contribution in [2.24, 2.45) is 11.8 Å². The fraction of sp³-hybridized carbons (Fsp3) is 0.485. The number of nitrogen functional groups attached to an aromatic ring is 1. The average Bonchev–Trinajstić information content (AvgIpc) is 2.25. The molecule has 0 spiro atoms. The van der Waals surface area contributed by atoms with Gasteiger partial charge in [0.2, 0.25) is 0 Å². The van der Waals surface area contributed by atoms with Crippen molar-refractivity contribution in [2.45, 2.75) is 166 Å². The van der Waals surface area contributed by atoms with E-state index >= 15 is 0 Å². The SMILES string of the molecule is CCCCCc1ccc(C(=O)N(Cc2ccc(N)cc2)C2CCN(CCC(C)C)CC2)cc1.CCCCCc1ccc(C(=O)N(Cc2ccc(NS(=O)(=O)c3cc(Cl)sc3Cl)cc2)C2CCN(CCC(C)C)CC2)cc1.O=S(=O)(Cl)c1cc(Cl)sc1Cl. The predicted molar refractivity (Wildman–Crippen MR) is 367 cm³/mol. The lowest BCUT2D eigenvalue weighted by atomic mass is 9.99. The molecule has 12 nitrogen and oxygen atoms in total. The highest BCUT2D eigenvalue weighted by Crippen LogP contribution is 2.37. The molecule has 4 aromatic carbocycles. The minimum atomic E-state index is -3.88. The van der Waals surface area contributed by atoms with Gasteiger partial charge < -0.3 is 25.3 Å². The van der Waals surface area contributed by atoms with E-state index in [-0.39, 0.29) is 42.4 Å². The zero-order valence-electron chi connectivity index (χ0n) is 51.1. The van der Waals surface area contributed by atoms with Crippen molar-refractivity contribution < 1.29 is 26.4 Å². The Hall–Kier alpha value is -3.91. The number of likely N-dealkylation sites (tertiary alicyclic amines) is 2. The largest absolute Gasteiger partial charge is 0.399 e. The minimum Gasteiger partial charge on any atom is -0.399 e. The third-order valence-electron chi connectivity index (χ3n) is 15.8. The number of unbranched alkanes of at least 4 members (excludes halogenated alkanes) is 4. The van der Waals surface area contributed by atoms with Crippen LogP contribution in [0.25, 0.3) is 0 Å². The van der Waals surface area contributed by atoms with Crippen LogP contribution in [0.4, 0.5) is 11.4 Å². The molecule has 4 heterocycles. The van der Waals surface area contributed by atoms with E-state index < -0.39 is 19.1 Å². The normalized spacial score (nSPS) is 14.5. The summed E-state index contributed by atoms with van der Waals surface area (Å²) in [6.07, 6.45) is 15.7. The molecule has 0 bridgehead atoms. The molecule has 0 unspecified atom stereocenters. The van der Waals surface area contributed by atoms with Crippen LogP contribution in [-0.2, 0) is 45.0 Å². The molecule has 87 heavy (non-hydrogen) atoms. The van der Waals surface area contributed by atoms with Crippen molar-refractivity contribution in [2.75, 3.05) is 49.7 Å². The second-order valence-corrected chi connectivity index (χ2v) is 32.3. The van der Waals surface area contributed by atoms with Crippen molar-refractivity contribution in [3.8, 4) is 0 Å². The van der Waals surface area contributed by atoms with Gasteiger partial charge in [0.1, 0.15) is 18.5 Å². The van der Waals surface area contributed by atoms with Crippen LogP contribution in [0, 0.1) is 11.8 Å². The summed E-state index contributed by atoms with van der Waals surface area (Å²) >= 11 is 25.0. The molecule has 2 fully saturated rings. The van der Waals surface area contributed by atoms with Gasteiger partial charge in [-0.05, 0) is 172 Å². The molecule has 2 aliphatic rings. The van der Waals surface area contributed by atoms with Crippen LogP contribution in [-0.4, -0.2) is 99.6 Å². The summed E-state index contributed by atoms with van der Waals surface area (Å²) in [4.78, 5) is 36.7. The van der Waals surface area contributed by atoms with Crippen molar-refractivity contribution in [3.05, 3.63) is 160 Å². The second kappa shape index (κ2) is 35.6. The first kappa shape index (κ1) is 72.2. The van der Waals surface area contributed by atoms with Crippen LogP contribution in [0.15, 0.2) is 119 Å². The fourth-order valence-corrected chi connectivity index (χ4v) is 17.0. The molecule has 0 atom stereocenters. The van der Waals surface area contributed by atoms with Crippen molar-refractivity contribution in [1.29, 1.82) is 0 Å². The summed E-state index contributed by atoms with van der Waals surface area (Å²) in [6.45, 7) is 21.0. The standard InChI is InChI=1S/C33H43Cl2N3O3S2.C29H43N3O.C4HCl3O2S2/c1-4-5-6-7-25-8-12-27(13-9-25)33(39)38(29-17-20-37(21-18-29)19-16-24(2)3)23-26-10-14-28(15-11-26)36-43(40,41)30-22-31(34)42-32(30)35;1-4-5-6-7-24-8-12-26(13-9-24)29(33)32(22-25-10-14-27(30)15-11-25)28-17-20-31(21-18-28)19-16-23(2)3;5-3-1-2(4(6)10-3)11(7,8)9/h8-15,22,24,29,36H,4-7,16-21,23H2,1-3H3;8-15,23,28H,4-7,16-22,30H2,1-3H3;1H. The zero-order chi connectivity index (χ0) is 63.3. The number of nitrogens with one attached hydrogen (secondary N) is 1. The first-order valence-corrected chi connectivity index (χ1v) is 37.4. The van der Waals surface area contributed by atoms with Crippen LogP contribution in [0.1, 0.15) is 162 Å². The number of carbonyl (C=O) groups is 2. The van der Waals surface area contributed by atoms with E-state index in [1.807, 2.05) is 65.6 Å². The number of piperidine rings is 2. The van der Waals surface area contributed by atoms with Crippen LogP contribution in [0.3, 0.4) is 0 Å². The van der Waals surface area contributed by atoms with Gasteiger partial charge in [-0.25, -0.2) is 16.8 Å². The maximum Gasteiger partial charge on any atom is 0.264 e. The number of benzene rings is 4. The summed E-state index contributed by atoms with van der Waals surface area (Å²) < 4.78 is 50.5. The maximum absolute atomic E-state index is 14.0. The number of halogens is 5. The van der Waals surface area contributed by atoms with Gasteiger partial charge in [-0.1, -0.05) is 162 Å². The highest BCUT2D eigenvalue weighted by atomic mass is 35.7. The summed E-state index contributed by atoms with van der Waals surface area (Å²) in [5, 5.41) is 0. The lowest BCUT2D eigenvalue weighted by molar-refractivity contribution is 0.0539. The monoisotopic (exact) mass is 1360 g/mol. The quantitative estimate of drug-likeness (QED) is 0.0307. The number of amides is 2. The molecule has 2 amide bonds. The summed E-state index contributed by atoms with van der Waals surface area (Å²) in [7, 11) is -2.61. The Kier molecular flexibility index (Phi) is 29.5. The topological polar surface area (TPSA) is 153 Å². The lowest BCUT2D eigenvalue weighted by Crippen LogP contribution is -2.47. The zero-order valence-corrected chi connectivity index (χ0v) is 58.1. The van der Waals surface area contributed by atoms with Crippen molar-refractivity contribution >= 4 is 122 Å². The molecule has 21 heteroatoms. The smallest absolute Gasteiger partial charge is 0.264 e. The second-order valence-electron chi connectivity index (χ2n) is 23.5. The summed E-state index contributed by atoms with van der Waals surface area (Å²) in [5.74, 6) is 1.59. The van der Waals surface area contributed by atoms with Gasteiger partial charge in [-0.2, -0.15) is 0 Å². The van der Waals surface area contributed by atoms with E-state index in [2.05, 4.69) is 85.2 Å². The number of aryl methyl sites for hydroxylation is 2. The predicted octanol–water partition coefficient (Wildman–Crippen LogP) is 17.9. The molecule has 476 valence electrons. The van der Waals surface area contributed by atoms with Gasteiger partial charge >= 0.3 is 0 Å². The highest BCUT2D eigenvalue weighted by Gasteiger charge is 2.31. The average molecular weight is 1370 g/mol. The fourth-order valence-electron chi connectivity index (χ4n) is 10.5. The van der Waals surface area contributed by atoms with E-state index in [0.717, 1.165) is 135 Å². The molecular formula is C66H87Cl5N6O6S4. The number of sulfonamides is 1. The molecule has 0 radical (unpaired) electrons. The number of carbonyl (C=O) groups excluding carboxylic acids is 2. The Morgan fingerprint density at radius 3 is 1.26 bits per heavy atom. The number of rotatable bonds is 26. The lowest BCUT2D eigenvalue weighted by Gasteiger charge is -2.39. The third kappa shape index (κ3) is 23.7. The molecule has 6 aromatic rings. The van der Waals surface area contributed by atoms with Crippen LogP contribution < -0.4 is 10.5 Å². The van der Waals surface area contributed by atoms with E-state index in [0.29, 0.717) is 38.9 Å². The number of hydrogen-bond donors (Lipinski definition) is 2. The molecule has 0 saturated carbocycles. The Bertz CT molecular complexity index is 3290. The maximum atomic E-state index is 14.0. The van der Waals surface area contributed by atoms with Gasteiger partial charge in [-0.15, -0.1) is 22.7 Å². The van der Waals surface area contributed by atoms with Gasteiger partial charge in [0.05, 0.1) is 8.67 Å². The number of nitrogens with two attached hydrogens (primary N) is 1. The number of thiophene rings is 2. The third-order valence-corrected chi connectivity index (χ3v) is 22.0. The molecule has 2 saturated heterocycles. The number of anilines is 2. The highest BCUT2D eigenvalue weighted by molar-refractivity contribution is 8.14. The van der Waals surface area contributed by atoms with Crippen LogP contribution in [0.2, 0.25) is 17.3 Å². The van der Waals surface area contributed by atoms with Gasteiger partial charge in [0.15, 0.2) is 0 Å². The van der Waals surface area contributed by atoms with Gasteiger partial charge in [-0.3, -0.25) is 14.3 Å². The van der Waals surface area contributed by atoms with E-state index in [9.17, 15) is 26.4 Å². The van der Waals surface area contributed by atoms with E-state index in [4.69, 9.17) is 62.8 Å². The van der Waals surface area contributed by atoms with E-state index in [1.165, 1.54) is 68.2 Å². The number of nitrogens with zero attached hydrogens (tertiary/aromatic N) is 4. The molecule has 2 aliphatic heterocycles. The van der Waals surface area contributed by atoms with Crippen LogP contribution >= 0.6 is 79.8 Å². The Morgan fingerprint density at radius 1 is 0.563 bits per heavy atom. The minimum absolute atomic E-state index is 0.0366. The summed E-state index contributed by atoms with van der Waals surface area (Å²) in [6, 6.07) is 34.5. The van der Waals surface area contributed by atoms with Crippen LogP contribution in [0.5, 0.6) is 0 Å². The Labute approximate surface area is 551 Å². The Balaban J connectivity index is 0.000000242. The first-order valence-electron chi connectivity index (χ1n) is 30.5. The molecule has 3 N–H and O–H groups in total. The Morgan fingerprint density at radius 2 is 0.931 bits per heavy atom. The summed E-state index contributed by atoms with van der Waals surface area (Å²) in [5.41, 5.74) is 13.2. The molecule has 2 aromatic heterocycles. The van der Waals surface area contributed by atoms with Gasteiger partial charge in [0, 0.05) is 84.5 Å². The molecule has 0 aliphatic carbocycles. The molecular weight excluding hydrogens is 1280 g/mol. The first-order chi connectivity index (χ1) is 41.4. The van der Waals surface area contributed by atoms with E-state index in [1.54, 1.807) is 12.1 Å². The molecule has 8 rings (SSSR count).